The zero-order valence-electron chi connectivity index (χ0n) is 9.32. The van der Waals surface area contributed by atoms with Crippen molar-refractivity contribution in [3.8, 4) is 0 Å². The Labute approximate surface area is 89.0 Å². The molecule has 15 heavy (non-hydrogen) atoms. The van der Waals surface area contributed by atoms with Crippen LogP contribution < -0.4 is 5.73 Å². The SMILES string of the molecule is CC.CCN1CCN(C(N)=O)C(=O)C1=O. The van der Waals surface area contributed by atoms with Crippen LogP contribution in [0.2, 0.25) is 0 Å². The van der Waals surface area contributed by atoms with Gasteiger partial charge in [-0.3, -0.25) is 14.5 Å². The molecular formula is C9H17N3O3. The van der Waals surface area contributed by atoms with Crippen molar-refractivity contribution in [3.63, 3.8) is 0 Å². The van der Waals surface area contributed by atoms with Gasteiger partial charge < -0.3 is 10.6 Å². The van der Waals surface area contributed by atoms with Gasteiger partial charge in [0.05, 0.1) is 0 Å². The van der Waals surface area contributed by atoms with E-state index in [1.54, 1.807) is 6.92 Å². The standard InChI is InChI=1S/C7H11N3O3.C2H6/c1-2-9-3-4-10(7(8)13)6(12)5(9)11;1-2/h2-4H2,1H3,(H2,8,13);1-2H3. The van der Waals surface area contributed by atoms with Crippen molar-refractivity contribution in [3.05, 3.63) is 0 Å². The second-order valence-corrected chi connectivity index (χ2v) is 2.68. The maximum absolute atomic E-state index is 11.2. The topological polar surface area (TPSA) is 83.7 Å². The van der Waals surface area contributed by atoms with Crippen LogP contribution in [0.1, 0.15) is 20.8 Å². The van der Waals surface area contributed by atoms with Crippen LogP contribution in [0.4, 0.5) is 4.79 Å². The molecule has 1 heterocycles. The minimum atomic E-state index is -0.867. The Morgan fingerprint density at radius 2 is 1.80 bits per heavy atom. The minimum Gasteiger partial charge on any atom is -0.351 e. The minimum absolute atomic E-state index is 0.188. The largest absolute Gasteiger partial charge is 0.351 e. The number of carbonyl (C=O) groups excluding carboxylic acids is 3. The molecule has 0 spiro atoms. The lowest BCUT2D eigenvalue weighted by Crippen LogP contribution is -2.57. The number of piperazine rings is 1. The van der Waals surface area contributed by atoms with Gasteiger partial charge in [-0.25, -0.2) is 4.79 Å². The number of carbonyl (C=O) groups is 3. The summed E-state index contributed by atoms with van der Waals surface area (Å²) in [6.07, 6.45) is 0. The van der Waals surface area contributed by atoms with Gasteiger partial charge in [-0.05, 0) is 6.92 Å². The zero-order valence-corrected chi connectivity index (χ0v) is 9.32. The molecule has 0 aliphatic carbocycles. The van der Waals surface area contributed by atoms with Crippen LogP contribution >= 0.6 is 0 Å². The second-order valence-electron chi connectivity index (χ2n) is 2.68. The molecule has 6 nitrogen and oxygen atoms in total. The number of nitrogens with two attached hydrogens (primary N) is 1. The third kappa shape index (κ3) is 2.93. The molecule has 1 saturated heterocycles. The summed E-state index contributed by atoms with van der Waals surface area (Å²) >= 11 is 0. The molecule has 0 saturated carbocycles. The summed E-state index contributed by atoms with van der Waals surface area (Å²) in [4.78, 5) is 35.2. The molecular weight excluding hydrogens is 198 g/mol. The summed E-state index contributed by atoms with van der Waals surface area (Å²) < 4.78 is 0. The van der Waals surface area contributed by atoms with E-state index >= 15 is 0 Å². The van der Waals surface area contributed by atoms with Crippen molar-refractivity contribution < 1.29 is 14.4 Å². The molecule has 1 aliphatic rings. The Kier molecular flexibility index (Phi) is 5.36. The highest BCUT2D eigenvalue weighted by Gasteiger charge is 2.34. The maximum atomic E-state index is 11.2. The quantitative estimate of drug-likeness (QED) is 0.614. The normalized spacial score (nSPS) is 15.9. The van der Waals surface area contributed by atoms with Crippen LogP contribution in [0.25, 0.3) is 0 Å². The highest BCUT2D eigenvalue weighted by atomic mass is 16.2. The molecule has 0 aromatic carbocycles. The van der Waals surface area contributed by atoms with Crippen molar-refractivity contribution in [2.24, 2.45) is 5.73 Å². The second kappa shape index (κ2) is 6.00. The highest BCUT2D eigenvalue weighted by molar-refractivity contribution is 6.37. The summed E-state index contributed by atoms with van der Waals surface area (Å²) in [6, 6.07) is -0.867. The fourth-order valence-corrected chi connectivity index (χ4v) is 1.19. The summed E-state index contributed by atoms with van der Waals surface area (Å²) in [5.41, 5.74) is 4.90. The molecule has 1 rings (SSSR count). The number of primary amides is 1. The summed E-state index contributed by atoms with van der Waals surface area (Å²) in [5, 5.41) is 0. The van der Waals surface area contributed by atoms with E-state index in [-0.39, 0.29) is 6.54 Å². The lowest BCUT2D eigenvalue weighted by molar-refractivity contribution is -0.153. The van der Waals surface area contributed by atoms with Crippen molar-refractivity contribution in [2.75, 3.05) is 19.6 Å². The summed E-state index contributed by atoms with van der Waals surface area (Å²) in [6.45, 7) is 6.79. The highest BCUT2D eigenvalue weighted by Crippen LogP contribution is 2.03. The fraction of sp³-hybridized carbons (Fsp3) is 0.667. The molecule has 1 fully saturated rings. The number of nitrogens with zero attached hydrogens (tertiary/aromatic N) is 2. The molecule has 0 atom stereocenters. The van der Waals surface area contributed by atoms with Crippen molar-refractivity contribution >= 4 is 17.8 Å². The Balaban J connectivity index is 0.000000921. The zero-order chi connectivity index (χ0) is 12.0. The van der Waals surface area contributed by atoms with Gasteiger partial charge in [0, 0.05) is 19.6 Å². The van der Waals surface area contributed by atoms with Gasteiger partial charge in [0.15, 0.2) is 0 Å². The van der Waals surface area contributed by atoms with E-state index in [4.69, 9.17) is 5.73 Å². The molecule has 0 aromatic rings. The van der Waals surface area contributed by atoms with Crippen LogP contribution in [0, 0.1) is 0 Å². The third-order valence-corrected chi connectivity index (χ3v) is 1.96. The van der Waals surface area contributed by atoms with E-state index in [9.17, 15) is 14.4 Å². The van der Waals surface area contributed by atoms with Gasteiger partial charge in [0.2, 0.25) is 0 Å². The number of likely N-dealkylation sites (N-methyl/N-ethyl adjacent to an activating group) is 1. The van der Waals surface area contributed by atoms with Gasteiger partial charge in [0.25, 0.3) is 0 Å². The molecule has 0 radical (unpaired) electrons. The molecule has 86 valence electrons. The number of urea groups is 1. The van der Waals surface area contributed by atoms with Crippen molar-refractivity contribution in [2.45, 2.75) is 20.8 Å². The number of hydrogen-bond acceptors (Lipinski definition) is 3. The lowest BCUT2D eigenvalue weighted by atomic mass is 10.3. The summed E-state index contributed by atoms with van der Waals surface area (Å²) in [5.74, 6) is -1.49. The number of imide groups is 1. The van der Waals surface area contributed by atoms with Crippen LogP contribution in [-0.4, -0.2) is 47.3 Å². The smallest absolute Gasteiger partial charge is 0.321 e. The van der Waals surface area contributed by atoms with Crippen LogP contribution in [0.15, 0.2) is 0 Å². The maximum Gasteiger partial charge on any atom is 0.321 e. The van der Waals surface area contributed by atoms with Crippen molar-refractivity contribution in [1.29, 1.82) is 0 Å². The molecule has 1 aliphatic heterocycles. The van der Waals surface area contributed by atoms with Gasteiger partial charge >= 0.3 is 17.8 Å². The number of hydrogen-bond donors (Lipinski definition) is 1. The van der Waals surface area contributed by atoms with E-state index in [1.807, 2.05) is 13.8 Å². The summed E-state index contributed by atoms with van der Waals surface area (Å²) in [7, 11) is 0. The van der Waals surface area contributed by atoms with Crippen molar-refractivity contribution in [1.82, 2.24) is 9.80 Å². The Bertz CT molecular complexity index is 265. The first-order chi connectivity index (χ1) is 7.07. The molecule has 4 amide bonds. The molecule has 6 heteroatoms. The predicted molar refractivity (Wildman–Crippen MR) is 54.9 cm³/mol. The fourth-order valence-electron chi connectivity index (χ4n) is 1.19. The van der Waals surface area contributed by atoms with E-state index in [2.05, 4.69) is 0 Å². The van der Waals surface area contributed by atoms with Crippen LogP contribution in [-0.2, 0) is 9.59 Å². The average molecular weight is 215 g/mol. The Hall–Kier alpha value is -1.59. The van der Waals surface area contributed by atoms with Crippen LogP contribution in [0.3, 0.4) is 0 Å². The molecule has 2 N–H and O–H groups in total. The molecule has 0 bridgehead atoms. The molecule has 0 unspecified atom stereocenters. The van der Waals surface area contributed by atoms with Gasteiger partial charge in [-0.2, -0.15) is 0 Å². The molecule has 0 aromatic heterocycles. The number of rotatable bonds is 1. The van der Waals surface area contributed by atoms with E-state index in [0.717, 1.165) is 4.90 Å². The van der Waals surface area contributed by atoms with Crippen LogP contribution in [0.5, 0.6) is 0 Å². The van der Waals surface area contributed by atoms with E-state index in [0.29, 0.717) is 13.1 Å². The monoisotopic (exact) mass is 215 g/mol. The van der Waals surface area contributed by atoms with E-state index in [1.165, 1.54) is 4.90 Å². The Morgan fingerprint density at radius 3 is 2.20 bits per heavy atom. The van der Waals surface area contributed by atoms with Gasteiger partial charge in [0.1, 0.15) is 0 Å². The number of amides is 4. The Morgan fingerprint density at radius 1 is 1.27 bits per heavy atom. The average Bonchev–Trinajstić information content (AvgIpc) is 2.24. The lowest BCUT2D eigenvalue weighted by Gasteiger charge is -2.30. The first-order valence-corrected chi connectivity index (χ1v) is 4.98. The predicted octanol–water partition coefficient (Wildman–Crippen LogP) is -0.218. The van der Waals surface area contributed by atoms with Gasteiger partial charge in [-0.1, -0.05) is 13.8 Å². The van der Waals surface area contributed by atoms with Gasteiger partial charge in [-0.15, -0.1) is 0 Å². The first kappa shape index (κ1) is 13.4. The first-order valence-electron chi connectivity index (χ1n) is 4.98. The third-order valence-electron chi connectivity index (χ3n) is 1.96. The van der Waals surface area contributed by atoms with E-state index < -0.39 is 17.8 Å².